The zero-order valence-electron chi connectivity index (χ0n) is 15.7. The first-order valence-electron chi connectivity index (χ1n) is 9.10. The van der Waals surface area contributed by atoms with E-state index in [1.807, 2.05) is 6.07 Å². The lowest BCUT2D eigenvalue weighted by Gasteiger charge is -2.22. The number of fused-ring (bicyclic) bond motifs is 1. The summed E-state index contributed by atoms with van der Waals surface area (Å²) in [5.74, 6) is -0.354. The number of hydrogen-bond acceptors (Lipinski definition) is 6. The Morgan fingerprint density at radius 1 is 1.41 bits per heavy atom. The molecule has 29 heavy (non-hydrogen) atoms. The van der Waals surface area contributed by atoms with E-state index in [1.165, 1.54) is 10.6 Å². The summed E-state index contributed by atoms with van der Waals surface area (Å²) in [5.41, 5.74) is 2.09. The number of aromatic nitrogens is 4. The molecule has 2 aromatic heterocycles. The maximum atomic E-state index is 14.6. The number of nitrogens with one attached hydrogen (secondary N) is 1. The van der Waals surface area contributed by atoms with Crippen molar-refractivity contribution in [2.75, 3.05) is 18.5 Å². The van der Waals surface area contributed by atoms with E-state index in [-0.39, 0.29) is 28.9 Å². The third-order valence-electron chi connectivity index (χ3n) is 5.07. The van der Waals surface area contributed by atoms with Gasteiger partial charge in [0.15, 0.2) is 5.65 Å². The van der Waals surface area contributed by atoms with Crippen LogP contribution in [-0.4, -0.2) is 32.3 Å². The Balaban J connectivity index is 1.79. The lowest BCUT2D eigenvalue weighted by atomic mass is 10.1. The Morgan fingerprint density at radius 3 is 2.86 bits per heavy atom. The molecule has 0 saturated carbocycles. The van der Waals surface area contributed by atoms with E-state index in [4.69, 9.17) is 10.00 Å². The van der Waals surface area contributed by atoms with Gasteiger partial charge in [0.25, 0.3) is 0 Å². The second-order valence-corrected chi connectivity index (χ2v) is 7.58. The van der Waals surface area contributed by atoms with Crippen LogP contribution in [0.5, 0.6) is 0 Å². The molecule has 0 unspecified atom stereocenters. The molecular weight excluding hydrogens is 490 g/mol. The Morgan fingerprint density at radius 2 is 2.17 bits per heavy atom. The van der Waals surface area contributed by atoms with Gasteiger partial charge in [-0.3, -0.25) is 9.13 Å². The van der Waals surface area contributed by atoms with Crippen LogP contribution in [0, 0.1) is 17.1 Å². The molecule has 1 aliphatic rings. The molecule has 0 aliphatic carbocycles. The van der Waals surface area contributed by atoms with Crippen molar-refractivity contribution in [3.63, 3.8) is 0 Å². The fourth-order valence-corrected chi connectivity index (χ4v) is 4.16. The molecule has 1 aromatic carbocycles. The highest BCUT2D eigenvalue weighted by Crippen LogP contribution is 2.28. The summed E-state index contributed by atoms with van der Waals surface area (Å²) in [4.78, 5) is 21.6. The minimum atomic E-state index is -0.547. The van der Waals surface area contributed by atoms with Crippen molar-refractivity contribution >= 4 is 45.4 Å². The summed E-state index contributed by atoms with van der Waals surface area (Å²) < 4.78 is 23.7. The van der Waals surface area contributed by atoms with Crippen LogP contribution in [0.3, 0.4) is 0 Å². The Hall–Kier alpha value is -2.52. The fourth-order valence-electron chi connectivity index (χ4n) is 3.55. The maximum absolute atomic E-state index is 14.6. The van der Waals surface area contributed by atoms with Crippen LogP contribution in [0.2, 0.25) is 0 Å². The molecule has 3 heterocycles. The van der Waals surface area contributed by atoms with Crippen molar-refractivity contribution in [1.29, 1.82) is 5.26 Å². The zero-order valence-corrected chi connectivity index (χ0v) is 17.8. The number of benzene rings is 1. The molecule has 1 N–H and O–H groups in total. The van der Waals surface area contributed by atoms with Gasteiger partial charge in [-0.1, -0.05) is 22.6 Å². The van der Waals surface area contributed by atoms with Crippen molar-refractivity contribution < 1.29 is 9.13 Å². The summed E-state index contributed by atoms with van der Waals surface area (Å²) >= 11 is 2.11. The average molecular weight is 508 g/mol. The van der Waals surface area contributed by atoms with E-state index >= 15 is 0 Å². The van der Waals surface area contributed by atoms with Crippen LogP contribution in [0.1, 0.15) is 30.0 Å². The number of halogens is 2. The van der Waals surface area contributed by atoms with Gasteiger partial charge in [0.1, 0.15) is 11.3 Å². The van der Waals surface area contributed by atoms with E-state index < -0.39 is 5.82 Å². The van der Waals surface area contributed by atoms with Crippen molar-refractivity contribution in [3.8, 4) is 6.07 Å². The first-order valence-corrected chi connectivity index (χ1v) is 10.6. The van der Waals surface area contributed by atoms with Gasteiger partial charge in [0, 0.05) is 30.7 Å². The molecule has 1 aliphatic heterocycles. The standard InChI is InChI=1S/C19H18FIN6O2/c1-26-15-10-23-18(24-16-12(8-21)6-11(9-22)7-14(16)20)25-17(15)27(19(26)28)13-2-4-29-5-3-13/h6-7,10,13H,2-5,8H2,1H3,(H,23,24,25). The van der Waals surface area contributed by atoms with Gasteiger partial charge < -0.3 is 10.1 Å². The zero-order chi connectivity index (χ0) is 20.5. The molecule has 8 nitrogen and oxygen atoms in total. The monoisotopic (exact) mass is 508 g/mol. The minimum absolute atomic E-state index is 0.000690. The van der Waals surface area contributed by atoms with Crippen LogP contribution in [-0.2, 0) is 16.2 Å². The fraction of sp³-hybridized carbons (Fsp3) is 0.368. The number of nitriles is 1. The molecular formula is C19H18FIN6O2. The number of ether oxygens (including phenoxy) is 1. The van der Waals surface area contributed by atoms with Gasteiger partial charge in [0.05, 0.1) is 23.5 Å². The van der Waals surface area contributed by atoms with Gasteiger partial charge in [-0.25, -0.2) is 14.2 Å². The van der Waals surface area contributed by atoms with Crippen molar-refractivity contribution in [3.05, 3.63) is 45.8 Å². The smallest absolute Gasteiger partial charge is 0.330 e. The lowest BCUT2D eigenvalue weighted by molar-refractivity contribution is 0.0695. The molecule has 0 spiro atoms. The number of alkyl halides is 1. The highest BCUT2D eigenvalue weighted by atomic mass is 127. The average Bonchev–Trinajstić information content (AvgIpc) is 2.99. The number of imidazole rings is 1. The first kappa shape index (κ1) is 19.8. The predicted octanol–water partition coefficient (Wildman–Crippen LogP) is 3.17. The number of aryl methyl sites for hydroxylation is 1. The van der Waals surface area contributed by atoms with E-state index in [0.717, 1.165) is 12.8 Å². The van der Waals surface area contributed by atoms with Crippen LogP contribution in [0.4, 0.5) is 16.0 Å². The highest BCUT2D eigenvalue weighted by Gasteiger charge is 2.23. The summed E-state index contributed by atoms with van der Waals surface area (Å²) in [6.07, 6.45) is 3.03. The van der Waals surface area contributed by atoms with E-state index in [2.05, 4.69) is 37.9 Å². The SMILES string of the molecule is Cn1c(=O)n(C2CCOCC2)c2nc(Nc3c(F)cc(C#N)cc3CI)ncc21. The Bertz CT molecular complexity index is 1180. The molecule has 0 atom stereocenters. The third kappa shape index (κ3) is 3.60. The number of hydrogen-bond donors (Lipinski definition) is 1. The van der Waals surface area contributed by atoms with E-state index in [0.29, 0.717) is 34.4 Å². The summed E-state index contributed by atoms with van der Waals surface area (Å²) in [7, 11) is 1.69. The van der Waals surface area contributed by atoms with Gasteiger partial charge in [-0.05, 0) is 30.5 Å². The van der Waals surface area contributed by atoms with E-state index in [1.54, 1.807) is 23.9 Å². The molecule has 0 amide bonds. The topological polar surface area (TPSA) is 97.8 Å². The molecule has 1 fully saturated rings. The van der Waals surface area contributed by atoms with Crippen LogP contribution in [0.25, 0.3) is 11.2 Å². The molecule has 3 aromatic rings. The minimum Gasteiger partial charge on any atom is -0.381 e. The molecule has 0 bridgehead atoms. The Labute approximate surface area is 179 Å². The summed E-state index contributed by atoms with van der Waals surface area (Å²) in [5, 5.41) is 12.0. The largest absolute Gasteiger partial charge is 0.381 e. The van der Waals surface area contributed by atoms with Gasteiger partial charge in [-0.15, -0.1) is 0 Å². The number of nitrogens with zero attached hydrogens (tertiary/aromatic N) is 5. The number of anilines is 2. The molecule has 10 heteroatoms. The van der Waals surface area contributed by atoms with Crippen molar-refractivity contribution in [2.24, 2.45) is 7.05 Å². The quantitative estimate of drug-likeness (QED) is 0.430. The van der Waals surface area contributed by atoms with Crippen LogP contribution in [0.15, 0.2) is 23.1 Å². The second kappa shape index (κ2) is 8.08. The molecule has 0 radical (unpaired) electrons. The predicted molar refractivity (Wildman–Crippen MR) is 114 cm³/mol. The third-order valence-corrected chi connectivity index (χ3v) is 5.89. The summed E-state index contributed by atoms with van der Waals surface area (Å²) in [6.45, 7) is 1.19. The highest BCUT2D eigenvalue weighted by molar-refractivity contribution is 14.1. The van der Waals surface area contributed by atoms with E-state index in [9.17, 15) is 9.18 Å². The van der Waals surface area contributed by atoms with Crippen LogP contribution >= 0.6 is 22.6 Å². The van der Waals surface area contributed by atoms with Gasteiger partial charge >= 0.3 is 5.69 Å². The van der Waals surface area contributed by atoms with Gasteiger partial charge in [0.2, 0.25) is 5.95 Å². The molecule has 150 valence electrons. The second-order valence-electron chi connectivity index (χ2n) is 6.82. The molecule has 4 rings (SSSR count). The molecule has 1 saturated heterocycles. The normalized spacial score (nSPS) is 14.8. The Kier molecular flexibility index (Phi) is 5.51. The summed E-state index contributed by atoms with van der Waals surface area (Å²) in [6, 6.07) is 4.77. The number of rotatable bonds is 4. The first-order chi connectivity index (χ1) is 14.0. The van der Waals surface area contributed by atoms with Crippen molar-refractivity contribution in [2.45, 2.75) is 23.3 Å². The van der Waals surface area contributed by atoms with Crippen LogP contribution < -0.4 is 11.0 Å². The van der Waals surface area contributed by atoms with Crippen molar-refractivity contribution in [1.82, 2.24) is 19.1 Å². The van der Waals surface area contributed by atoms with Gasteiger partial charge in [-0.2, -0.15) is 10.2 Å². The lowest BCUT2D eigenvalue weighted by Crippen LogP contribution is -2.30. The maximum Gasteiger partial charge on any atom is 0.330 e.